The molecule has 0 saturated carbocycles. The molecule has 2 atom stereocenters. The average Bonchev–Trinajstić information content (AvgIpc) is 2.50. The normalized spacial score (nSPS) is 13.7. The molecule has 0 spiro atoms. The molecule has 23 heavy (non-hydrogen) atoms. The second kappa shape index (κ2) is 12.2. The first-order valence-corrected chi connectivity index (χ1v) is 8.71. The molecule has 0 aromatic carbocycles. The van der Waals surface area contributed by atoms with Gasteiger partial charge in [0.15, 0.2) is 0 Å². The summed E-state index contributed by atoms with van der Waals surface area (Å²) < 4.78 is 4.60. The first-order chi connectivity index (χ1) is 10.8. The Balaban J connectivity index is 4.33. The Labute approximate surface area is 141 Å². The molecular formula is C17H35N3O3. The molecule has 6 heteroatoms. The van der Waals surface area contributed by atoms with Crippen LogP contribution in [-0.4, -0.2) is 55.7 Å². The van der Waals surface area contributed by atoms with Crippen LogP contribution in [0.1, 0.15) is 53.9 Å². The van der Waals surface area contributed by atoms with Crippen LogP contribution >= 0.6 is 0 Å². The van der Waals surface area contributed by atoms with Gasteiger partial charge in [0.2, 0.25) is 5.91 Å². The van der Waals surface area contributed by atoms with Crippen molar-refractivity contribution in [3.8, 4) is 0 Å². The second-order valence-corrected chi connectivity index (χ2v) is 6.40. The predicted octanol–water partition coefficient (Wildman–Crippen LogP) is 2.38. The summed E-state index contributed by atoms with van der Waals surface area (Å²) in [4.78, 5) is 26.1. The monoisotopic (exact) mass is 329 g/mol. The highest BCUT2D eigenvalue weighted by atomic mass is 16.5. The summed E-state index contributed by atoms with van der Waals surface area (Å²) in [5.41, 5.74) is 0. The summed E-state index contributed by atoms with van der Waals surface area (Å²) in [5.74, 6) is 0.167. The number of hydrogen-bond donors (Lipinski definition) is 2. The van der Waals surface area contributed by atoms with Gasteiger partial charge in [0, 0.05) is 6.04 Å². The van der Waals surface area contributed by atoms with Crippen molar-refractivity contribution in [2.45, 2.75) is 66.0 Å². The molecule has 0 heterocycles. The van der Waals surface area contributed by atoms with Gasteiger partial charge in [-0.2, -0.15) is 0 Å². The van der Waals surface area contributed by atoms with Gasteiger partial charge >= 0.3 is 6.09 Å². The van der Waals surface area contributed by atoms with E-state index in [1.165, 1.54) is 7.11 Å². The van der Waals surface area contributed by atoms with Gasteiger partial charge in [-0.3, -0.25) is 4.79 Å². The van der Waals surface area contributed by atoms with Crippen molar-refractivity contribution >= 4 is 12.0 Å². The largest absolute Gasteiger partial charge is 0.453 e. The number of ether oxygens (including phenoxy) is 1. The zero-order chi connectivity index (χ0) is 17.8. The van der Waals surface area contributed by atoms with Crippen molar-refractivity contribution in [1.82, 2.24) is 15.5 Å². The number of carbonyl (C=O) groups excluding carboxylic acids is 2. The van der Waals surface area contributed by atoms with Crippen LogP contribution in [0.5, 0.6) is 0 Å². The molecule has 0 aromatic rings. The van der Waals surface area contributed by atoms with Gasteiger partial charge in [0.1, 0.15) is 6.04 Å². The van der Waals surface area contributed by atoms with Crippen LogP contribution in [0.25, 0.3) is 0 Å². The molecule has 2 N–H and O–H groups in total. The Hall–Kier alpha value is -1.30. The zero-order valence-electron chi connectivity index (χ0n) is 15.6. The van der Waals surface area contributed by atoms with Gasteiger partial charge in [0.05, 0.1) is 7.11 Å². The fraction of sp³-hybridized carbons (Fsp3) is 0.882. The Morgan fingerprint density at radius 2 is 1.70 bits per heavy atom. The van der Waals surface area contributed by atoms with E-state index in [-0.39, 0.29) is 11.9 Å². The van der Waals surface area contributed by atoms with Crippen molar-refractivity contribution in [2.75, 3.05) is 26.7 Å². The number of rotatable bonds is 11. The number of methoxy groups -OCH3 is 1. The molecule has 0 bridgehead atoms. The molecule has 0 aliphatic rings. The standard InChI is InChI=1S/C17H35N3O3/c1-7-20(8-2)11-9-10-14(5)18-16(21)15(12-13(3)4)19-17(22)23-6/h13-15H,7-12H2,1-6H3,(H,18,21)(H,19,22)/t14-,15-/m1/s1. The van der Waals surface area contributed by atoms with E-state index in [9.17, 15) is 9.59 Å². The molecule has 0 aliphatic heterocycles. The van der Waals surface area contributed by atoms with Crippen molar-refractivity contribution in [1.29, 1.82) is 0 Å². The molecule has 0 aromatic heterocycles. The third kappa shape index (κ3) is 10.2. The van der Waals surface area contributed by atoms with Gasteiger partial charge in [0.25, 0.3) is 0 Å². The first kappa shape index (κ1) is 21.7. The van der Waals surface area contributed by atoms with E-state index in [1.807, 2.05) is 20.8 Å². The SMILES string of the molecule is CCN(CC)CCC[C@@H](C)NC(=O)[C@@H](CC(C)C)NC(=O)OC. The van der Waals surface area contributed by atoms with Crippen molar-refractivity contribution in [3.05, 3.63) is 0 Å². The molecule has 6 nitrogen and oxygen atoms in total. The average molecular weight is 329 g/mol. The topological polar surface area (TPSA) is 70.7 Å². The molecule has 0 rings (SSSR count). The zero-order valence-corrected chi connectivity index (χ0v) is 15.6. The van der Waals surface area contributed by atoms with E-state index >= 15 is 0 Å². The maximum atomic E-state index is 12.4. The van der Waals surface area contributed by atoms with Gasteiger partial charge in [-0.15, -0.1) is 0 Å². The van der Waals surface area contributed by atoms with E-state index in [2.05, 4.69) is 34.1 Å². The number of hydrogen-bond acceptors (Lipinski definition) is 4. The minimum absolute atomic E-state index is 0.0900. The molecule has 136 valence electrons. The minimum Gasteiger partial charge on any atom is -0.453 e. The summed E-state index contributed by atoms with van der Waals surface area (Å²) in [6, 6.07) is -0.458. The van der Waals surface area contributed by atoms with Crippen molar-refractivity contribution < 1.29 is 14.3 Å². The van der Waals surface area contributed by atoms with Crippen LogP contribution in [-0.2, 0) is 9.53 Å². The lowest BCUT2D eigenvalue weighted by Gasteiger charge is -2.23. The molecule has 0 fully saturated rings. The summed E-state index contributed by atoms with van der Waals surface area (Å²) in [6.45, 7) is 13.5. The molecular weight excluding hydrogens is 294 g/mol. The second-order valence-electron chi connectivity index (χ2n) is 6.40. The quantitative estimate of drug-likeness (QED) is 0.610. The predicted molar refractivity (Wildman–Crippen MR) is 93.4 cm³/mol. The third-order valence-electron chi connectivity index (χ3n) is 3.90. The molecule has 2 amide bonds. The molecule has 0 unspecified atom stereocenters. The Kier molecular flexibility index (Phi) is 11.5. The highest BCUT2D eigenvalue weighted by Crippen LogP contribution is 2.07. The number of amides is 2. The minimum atomic E-state index is -0.569. The van der Waals surface area contributed by atoms with E-state index in [1.54, 1.807) is 0 Å². The maximum absolute atomic E-state index is 12.4. The van der Waals surface area contributed by atoms with Crippen molar-refractivity contribution in [3.63, 3.8) is 0 Å². The summed E-state index contributed by atoms with van der Waals surface area (Å²) in [5, 5.41) is 5.61. The van der Waals surface area contributed by atoms with Gasteiger partial charge in [-0.1, -0.05) is 27.7 Å². The Morgan fingerprint density at radius 1 is 1.09 bits per heavy atom. The van der Waals surface area contributed by atoms with E-state index in [0.717, 1.165) is 32.5 Å². The van der Waals surface area contributed by atoms with E-state index in [4.69, 9.17) is 0 Å². The highest BCUT2D eigenvalue weighted by Gasteiger charge is 2.23. The summed E-state index contributed by atoms with van der Waals surface area (Å²) >= 11 is 0. The smallest absolute Gasteiger partial charge is 0.407 e. The fourth-order valence-electron chi connectivity index (χ4n) is 2.48. The number of alkyl carbamates (subject to hydrolysis) is 1. The van der Waals surface area contributed by atoms with Gasteiger partial charge < -0.3 is 20.3 Å². The third-order valence-corrected chi connectivity index (χ3v) is 3.90. The first-order valence-electron chi connectivity index (χ1n) is 8.71. The van der Waals surface area contributed by atoms with E-state index in [0.29, 0.717) is 12.3 Å². The van der Waals surface area contributed by atoms with Crippen molar-refractivity contribution in [2.24, 2.45) is 5.92 Å². The lowest BCUT2D eigenvalue weighted by molar-refractivity contribution is -0.124. The fourth-order valence-corrected chi connectivity index (χ4v) is 2.48. The van der Waals surface area contributed by atoms with Crippen LogP contribution in [0.2, 0.25) is 0 Å². The Morgan fingerprint density at radius 3 is 2.17 bits per heavy atom. The number of nitrogens with zero attached hydrogens (tertiary/aromatic N) is 1. The maximum Gasteiger partial charge on any atom is 0.407 e. The highest BCUT2D eigenvalue weighted by molar-refractivity contribution is 5.85. The Bertz CT molecular complexity index is 344. The summed E-state index contributed by atoms with van der Waals surface area (Å²) in [7, 11) is 1.30. The van der Waals surface area contributed by atoms with Crippen LogP contribution in [0, 0.1) is 5.92 Å². The van der Waals surface area contributed by atoms with Gasteiger partial charge in [-0.05, 0) is 51.7 Å². The van der Waals surface area contributed by atoms with Crippen LogP contribution in [0.15, 0.2) is 0 Å². The molecule has 0 radical (unpaired) electrons. The van der Waals surface area contributed by atoms with Gasteiger partial charge in [-0.25, -0.2) is 4.79 Å². The van der Waals surface area contributed by atoms with E-state index < -0.39 is 12.1 Å². The van der Waals surface area contributed by atoms with Crippen LogP contribution < -0.4 is 10.6 Å². The van der Waals surface area contributed by atoms with Crippen LogP contribution in [0.3, 0.4) is 0 Å². The number of carbonyl (C=O) groups is 2. The molecule has 0 aliphatic carbocycles. The lowest BCUT2D eigenvalue weighted by atomic mass is 10.0. The lowest BCUT2D eigenvalue weighted by Crippen LogP contribution is -2.49. The number of nitrogens with one attached hydrogen (secondary N) is 2. The molecule has 0 saturated heterocycles. The summed E-state index contributed by atoms with van der Waals surface area (Å²) in [6.07, 6.45) is 1.99. The van der Waals surface area contributed by atoms with Crippen LogP contribution in [0.4, 0.5) is 4.79 Å².